The van der Waals surface area contributed by atoms with E-state index in [-0.39, 0.29) is 0 Å². The fourth-order valence-corrected chi connectivity index (χ4v) is 1.48. The highest BCUT2D eigenvalue weighted by molar-refractivity contribution is 4.75. The fraction of sp³-hybridized carbons (Fsp3) is 1.00. The number of likely N-dealkylation sites (tertiary alicyclic amines) is 1. The van der Waals surface area contributed by atoms with Gasteiger partial charge < -0.3 is 0 Å². The van der Waals surface area contributed by atoms with Crippen molar-refractivity contribution in [2.24, 2.45) is 0 Å². The molecule has 1 nitrogen and oxygen atoms in total. The van der Waals surface area contributed by atoms with Gasteiger partial charge in [-0.2, -0.15) is 0 Å². The van der Waals surface area contributed by atoms with Gasteiger partial charge in [0.05, 0.1) is 0 Å². The number of halogens is 1. The summed E-state index contributed by atoms with van der Waals surface area (Å²) in [4.78, 5) is 1.96. The van der Waals surface area contributed by atoms with E-state index in [0.29, 0.717) is 6.04 Å². The molecule has 2 heteroatoms. The molecule has 2 atom stereocenters. The standard InChI is InChI=1S/C8H16FN/c1-3-7(2)10-6-4-5-8(10)9/h7-8H,3-6H2,1-2H3. The summed E-state index contributed by atoms with van der Waals surface area (Å²) in [5.41, 5.74) is 0. The van der Waals surface area contributed by atoms with Gasteiger partial charge >= 0.3 is 0 Å². The summed E-state index contributed by atoms with van der Waals surface area (Å²) in [6.45, 7) is 5.16. The van der Waals surface area contributed by atoms with Gasteiger partial charge in [-0.15, -0.1) is 0 Å². The van der Waals surface area contributed by atoms with Crippen LogP contribution in [0.2, 0.25) is 0 Å². The Hall–Kier alpha value is -0.110. The fourth-order valence-electron chi connectivity index (χ4n) is 1.48. The van der Waals surface area contributed by atoms with E-state index in [2.05, 4.69) is 13.8 Å². The molecular formula is C8H16FN. The highest BCUT2D eigenvalue weighted by atomic mass is 19.1. The maximum Gasteiger partial charge on any atom is 0.153 e. The first-order chi connectivity index (χ1) is 4.75. The van der Waals surface area contributed by atoms with Gasteiger partial charge in [-0.05, 0) is 26.2 Å². The van der Waals surface area contributed by atoms with Gasteiger partial charge in [0.1, 0.15) is 0 Å². The number of rotatable bonds is 2. The van der Waals surface area contributed by atoms with E-state index >= 15 is 0 Å². The lowest BCUT2D eigenvalue weighted by Gasteiger charge is -2.24. The monoisotopic (exact) mass is 145 g/mol. The van der Waals surface area contributed by atoms with Gasteiger partial charge in [0.25, 0.3) is 0 Å². The van der Waals surface area contributed by atoms with Crippen molar-refractivity contribution >= 4 is 0 Å². The van der Waals surface area contributed by atoms with Crippen molar-refractivity contribution in [2.75, 3.05) is 6.54 Å². The quantitative estimate of drug-likeness (QED) is 0.538. The number of hydrogen-bond acceptors (Lipinski definition) is 1. The second-order valence-electron chi connectivity index (χ2n) is 3.07. The van der Waals surface area contributed by atoms with Crippen molar-refractivity contribution in [1.82, 2.24) is 4.90 Å². The molecule has 60 valence electrons. The van der Waals surface area contributed by atoms with E-state index < -0.39 is 6.30 Å². The second kappa shape index (κ2) is 3.33. The van der Waals surface area contributed by atoms with Crippen LogP contribution in [0.25, 0.3) is 0 Å². The summed E-state index contributed by atoms with van der Waals surface area (Å²) in [5.74, 6) is 0. The maximum absolute atomic E-state index is 13.0. The van der Waals surface area contributed by atoms with Crippen LogP contribution >= 0.6 is 0 Å². The third-order valence-electron chi connectivity index (χ3n) is 2.38. The van der Waals surface area contributed by atoms with Gasteiger partial charge in [-0.3, -0.25) is 4.90 Å². The van der Waals surface area contributed by atoms with Crippen LogP contribution in [0.5, 0.6) is 0 Å². The molecule has 1 heterocycles. The van der Waals surface area contributed by atoms with Crippen molar-refractivity contribution in [3.8, 4) is 0 Å². The molecule has 0 saturated carbocycles. The van der Waals surface area contributed by atoms with Crippen LogP contribution in [0.3, 0.4) is 0 Å². The van der Waals surface area contributed by atoms with E-state index in [1.165, 1.54) is 0 Å². The van der Waals surface area contributed by atoms with Crippen molar-refractivity contribution in [1.29, 1.82) is 0 Å². The van der Waals surface area contributed by atoms with Gasteiger partial charge in [-0.1, -0.05) is 6.92 Å². The van der Waals surface area contributed by atoms with Crippen LogP contribution in [0.4, 0.5) is 4.39 Å². The Labute approximate surface area is 62.2 Å². The predicted molar refractivity (Wildman–Crippen MR) is 40.6 cm³/mol. The van der Waals surface area contributed by atoms with Crippen molar-refractivity contribution in [3.63, 3.8) is 0 Å². The lowest BCUT2D eigenvalue weighted by molar-refractivity contribution is 0.0876. The molecule has 0 aromatic rings. The molecule has 1 aliphatic heterocycles. The molecule has 1 aliphatic rings. The Morgan fingerprint density at radius 1 is 1.70 bits per heavy atom. The van der Waals surface area contributed by atoms with Gasteiger partial charge in [0.2, 0.25) is 0 Å². The summed E-state index contributed by atoms with van der Waals surface area (Å²) in [6.07, 6.45) is 2.17. The average molecular weight is 145 g/mol. The zero-order chi connectivity index (χ0) is 7.56. The van der Waals surface area contributed by atoms with Gasteiger partial charge in [-0.25, -0.2) is 4.39 Å². The minimum Gasteiger partial charge on any atom is -0.271 e. The summed E-state index contributed by atoms with van der Waals surface area (Å²) in [6, 6.07) is 0.428. The molecule has 0 aromatic heterocycles. The Balaban J connectivity index is 2.38. The van der Waals surface area contributed by atoms with Crippen LogP contribution in [0, 0.1) is 0 Å². The molecule has 2 unspecified atom stereocenters. The largest absolute Gasteiger partial charge is 0.271 e. The van der Waals surface area contributed by atoms with Crippen LogP contribution < -0.4 is 0 Å². The van der Waals surface area contributed by atoms with E-state index in [1.807, 2.05) is 4.90 Å². The molecule has 0 radical (unpaired) electrons. The molecule has 10 heavy (non-hydrogen) atoms. The molecule has 0 aliphatic carbocycles. The molecule has 1 fully saturated rings. The number of hydrogen-bond donors (Lipinski definition) is 0. The summed E-state index contributed by atoms with van der Waals surface area (Å²) >= 11 is 0. The average Bonchev–Trinajstić information content (AvgIpc) is 2.34. The van der Waals surface area contributed by atoms with Crippen LogP contribution in [-0.2, 0) is 0 Å². The number of nitrogens with zero attached hydrogens (tertiary/aromatic N) is 1. The van der Waals surface area contributed by atoms with E-state index in [4.69, 9.17) is 0 Å². The summed E-state index contributed by atoms with van der Waals surface area (Å²) < 4.78 is 13.0. The Kier molecular flexibility index (Phi) is 2.66. The van der Waals surface area contributed by atoms with Crippen LogP contribution in [-0.4, -0.2) is 23.8 Å². The third-order valence-corrected chi connectivity index (χ3v) is 2.38. The minimum absolute atomic E-state index is 0.428. The lowest BCUT2D eigenvalue weighted by atomic mass is 10.2. The SMILES string of the molecule is CCC(C)N1CCCC1F. The molecule has 0 N–H and O–H groups in total. The summed E-state index contributed by atoms with van der Waals surface area (Å²) in [7, 11) is 0. The van der Waals surface area contributed by atoms with E-state index in [0.717, 1.165) is 25.8 Å². The molecule has 0 bridgehead atoms. The van der Waals surface area contributed by atoms with Crippen molar-refractivity contribution < 1.29 is 4.39 Å². The number of alkyl halides is 1. The Bertz CT molecular complexity index is 105. The van der Waals surface area contributed by atoms with Crippen LogP contribution in [0.15, 0.2) is 0 Å². The molecular weight excluding hydrogens is 129 g/mol. The Morgan fingerprint density at radius 2 is 2.40 bits per heavy atom. The first kappa shape index (κ1) is 7.99. The first-order valence-corrected chi connectivity index (χ1v) is 4.15. The highest BCUT2D eigenvalue weighted by Gasteiger charge is 2.26. The second-order valence-corrected chi connectivity index (χ2v) is 3.07. The topological polar surface area (TPSA) is 3.24 Å². The zero-order valence-corrected chi connectivity index (χ0v) is 6.81. The molecule has 0 amide bonds. The highest BCUT2D eigenvalue weighted by Crippen LogP contribution is 2.21. The van der Waals surface area contributed by atoms with Gasteiger partial charge in [0, 0.05) is 12.6 Å². The maximum atomic E-state index is 13.0. The zero-order valence-electron chi connectivity index (χ0n) is 6.81. The molecule has 0 aromatic carbocycles. The van der Waals surface area contributed by atoms with Crippen molar-refractivity contribution in [3.05, 3.63) is 0 Å². The van der Waals surface area contributed by atoms with Gasteiger partial charge in [0.15, 0.2) is 6.30 Å². The predicted octanol–water partition coefficient (Wildman–Crippen LogP) is 2.18. The normalized spacial score (nSPS) is 30.9. The minimum atomic E-state index is -0.657. The van der Waals surface area contributed by atoms with E-state index in [9.17, 15) is 4.39 Å². The smallest absolute Gasteiger partial charge is 0.153 e. The summed E-state index contributed by atoms with van der Waals surface area (Å²) in [5, 5.41) is 0. The third kappa shape index (κ3) is 1.48. The molecule has 0 spiro atoms. The van der Waals surface area contributed by atoms with Crippen molar-refractivity contribution in [2.45, 2.75) is 45.4 Å². The lowest BCUT2D eigenvalue weighted by Crippen LogP contribution is -2.34. The van der Waals surface area contributed by atoms with E-state index in [1.54, 1.807) is 0 Å². The van der Waals surface area contributed by atoms with Crippen LogP contribution in [0.1, 0.15) is 33.1 Å². The Morgan fingerprint density at radius 3 is 2.80 bits per heavy atom. The molecule has 1 saturated heterocycles. The molecule has 1 rings (SSSR count). The first-order valence-electron chi connectivity index (χ1n) is 4.15.